The number of esters is 1. The van der Waals surface area contributed by atoms with Gasteiger partial charge in [0.25, 0.3) is 0 Å². The van der Waals surface area contributed by atoms with Gasteiger partial charge in [0.1, 0.15) is 6.54 Å². The molecule has 0 atom stereocenters. The second-order valence-electron chi connectivity index (χ2n) is 4.55. The molecule has 0 radical (unpaired) electrons. The third-order valence-electron chi connectivity index (χ3n) is 2.19. The number of nitrogens with zero attached hydrogens (tertiary/aromatic N) is 1. The highest BCUT2D eigenvalue weighted by atomic mass is 16.7. The standard InChI is InChI=1S/C11H19NO4/c1-11(2)7-15-10(16-8-11)4-5-12-6-9(13)14-3/h5,10H,4,6-8H2,1-3H3. The third-order valence-corrected chi connectivity index (χ3v) is 2.19. The Bertz CT molecular complexity index is 253. The molecule has 0 aromatic carbocycles. The number of ether oxygens (including phenoxy) is 3. The minimum absolute atomic E-state index is 0.0503. The average Bonchev–Trinajstić information content (AvgIpc) is 2.26. The van der Waals surface area contributed by atoms with Gasteiger partial charge in [0.05, 0.1) is 20.3 Å². The van der Waals surface area contributed by atoms with Gasteiger partial charge in [0, 0.05) is 18.1 Å². The quantitative estimate of drug-likeness (QED) is 0.533. The molecule has 0 aliphatic carbocycles. The van der Waals surface area contributed by atoms with Gasteiger partial charge < -0.3 is 14.2 Å². The van der Waals surface area contributed by atoms with Crippen LogP contribution in [0, 0.1) is 5.41 Å². The van der Waals surface area contributed by atoms with Crippen molar-refractivity contribution >= 4 is 12.2 Å². The lowest BCUT2D eigenvalue weighted by Crippen LogP contribution is -2.37. The van der Waals surface area contributed by atoms with Crippen molar-refractivity contribution in [2.24, 2.45) is 10.4 Å². The highest BCUT2D eigenvalue weighted by Gasteiger charge is 2.27. The molecule has 5 heteroatoms. The number of carbonyl (C=O) groups excluding carboxylic acids is 1. The number of rotatable bonds is 4. The molecule has 0 amide bonds. The topological polar surface area (TPSA) is 57.1 Å². The molecule has 0 saturated carbocycles. The molecule has 1 saturated heterocycles. The molecule has 0 aromatic heterocycles. The van der Waals surface area contributed by atoms with Crippen LogP contribution in [0.25, 0.3) is 0 Å². The van der Waals surface area contributed by atoms with Crippen molar-refractivity contribution < 1.29 is 19.0 Å². The molecule has 1 rings (SSSR count). The van der Waals surface area contributed by atoms with Crippen LogP contribution in [0.3, 0.4) is 0 Å². The number of methoxy groups -OCH3 is 1. The van der Waals surface area contributed by atoms with E-state index in [0.717, 1.165) is 0 Å². The average molecular weight is 229 g/mol. The van der Waals surface area contributed by atoms with Gasteiger partial charge in [-0.3, -0.25) is 9.79 Å². The van der Waals surface area contributed by atoms with Gasteiger partial charge in [0.2, 0.25) is 0 Å². The Morgan fingerprint density at radius 3 is 2.69 bits per heavy atom. The fourth-order valence-corrected chi connectivity index (χ4v) is 1.23. The maximum atomic E-state index is 10.7. The molecule has 0 N–H and O–H groups in total. The van der Waals surface area contributed by atoms with Crippen LogP contribution in [0.4, 0.5) is 0 Å². The van der Waals surface area contributed by atoms with Crippen LogP contribution in [0.1, 0.15) is 20.3 Å². The van der Waals surface area contributed by atoms with Crippen LogP contribution in [-0.4, -0.2) is 45.3 Å². The Hall–Kier alpha value is -0.940. The monoisotopic (exact) mass is 229 g/mol. The number of aliphatic imine (C=N–C) groups is 1. The van der Waals surface area contributed by atoms with Crippen molar-refractivity contribution in [1.82, 2.24) is 0 Å². The Morgan fingerprint density at radius 2 is 2.12 bits per heavy atom. The molecule has 5 nitrogen and oxygen atoms in total. The summed E-state index contributed by atoms with van der Waals surface area (Å²) in [6.07, 6.45) is 1.96. The van der Waals surface area contributed by atoms with Gasteiger partial charge in [-0.25, -0.2) is 0 Å². The Morgan fingerprint density at radius 1 is 1.50 bits per heavy atom. The summed E-state index contributed by atoms with van der Waals surface area (Å²) in [5.41, 5.74) is 0.0830. The fraction of sp³-hybridized carbons (Fsp3) is 0.818. The van der Waals surface area contributed by atoms with E-state index in [2.05, 4.69) is 23.6 Å². The zero-order valence-corrected chi connectivity index (χ0v) is 10.1. The molecule has 1 heterocycles. The van der Waals surface area contributed by atoms with Gasteiger partial charge >= 0.3 is 5.97 Å². The molecule has 1 fully saturated rings. The summed E-state index contributed by atoms with van der Waals surface area (Å²) in [6.45, 7) is 5.60. The van der Waals surface area contributed by atoms with E-state index in [1.54, 1.807) is 6.21 Å². The maximum absolute atomic E-state index is 10.7. The fourth-order valence-electron chi connectivity index (χ4n) is 1.23. The molecule has 0 unspecified atom stereocenters. The first-order valence-corrected chi connectivity index (χ1v) is 5.32. The zero-order chi connectivity index (χ0) is 12.0. The minimum Gasteiger partial charge on any atom is -0.468 e. The lowest BCUT2D eigenvalue weighted by molar-refractivity contribution is -0.217. The summed E-state index contributed by atoms with van der Waals surface area (Å²) in [7, 11) is 1.34. The highest BCUT2D eigenvalue weighted by molar-refractivity contribution is 5.73. The SMILES string of the molecule is COC(=O)CN=CCC1OCC(C)(C)CO1. The Kier molecular flexibility index (Phi) is 4.89. The van der Waals surface area contributed by atoms with Gasteiger partial charge in [-0.05, 0) is 0 Å². The molecule has 1 aliphatic heterocycles. The molecule has 92 valence electrons. The summed E-state index contributed by atoms with van der Waals surface area (Å²) in [5.74, 6) is -0.345. The highest BCUT2D eigenvalue weighted by Crippen LogP contribution is 2.23. The van der Waals surface area contributed by atoms with E-state index in [9.17, 15) is 4.79 Å². The third kappa shape index (κ3) is 4.72. The Balaban J connectivity index is 2.17. The van der Waals surface area contributed by atoms with Gasteiger partial charge in [-0.15, -0.1) is 0 Å². The summed E-state index contributed by atoms with van der Waals surface area (Å²) in [5, 5.41) is 0. The Labute approximate surface area is 95.8 Å². The normalized spacial score (nSPS) is 21.2. The van der Waals surface area contributed by atoms with Crippen molar-refractivity contribution in [1.29, 1.82) is 0 Å². The van der Waals surface area contributed by atoms with Crippen LogP contribution >= 0.6 is 0 Å². The summed E-state index contributed by atoms with van der Waals surface area (Å²) in [6, 6.07) is 0. The smallest absolute Gasteiger partial charge is 0.327 e. The molecule has 0 spiro atoms. The van der Waals surface area contributed by atoms with E-state index in [0.29, 0.717) is 19.6 Å². The second-order valence-corrected chi connectivity index (χ2v) is 4.55. The van der Waals surface area contributed by atoms with Gasteiger partial charge in [-0.2, -0.15) is 0 Å². The molecule has 1 aliphatic rings. The summed E-state index contributed by atoms with van der Waals surface area (Å²) in [4.78, 5) is 14.7. The first kappa shape index (κ1) is 13.1. The molecular weight excluding hydrogens is 210 g/mol. The lowest BCUT2D eigenvalue weighted by atomic mass is 9.95. The number of carbonyl (C=O) groups is 1. The predicted octanol–water partition coefficient (Wildman–Crippen LogP) is 1.02. The molecule has 16 heavy (non-hydrogen) atoms. The van der Waals surface area contributed by atoms with Crippen LogP contribution < -0.4 is 0 Å². The van der Waals surface area contributed by atoms with Gasteiger partial charge in [0.15, 0.2) is 6.29 Å². The zero-order valence-electron chi connectivity index (χ0n) is 10.1. The van der Waals surface area contributed by atoms with Crippen molar-refractivity contribution in [3.05, 3.63) is 0 Å². The predicted molar refractivity (Wildman–Crippen MR) is 59.5 cm³/mol. The first-order chi connectivity index (χ1) is 7.53. The van der Waals surface area contributed by atoms with E-state index < -0.39 is 0 Å². The van der Waals surface area contributed by atoms with E-state index in [1.807, 2.05) is 0 Å². The van der Waals surface area contributed by atoms with Crippen LogP contribution in [0.5, 0.6) is 0 Å². The second kappa shape index (κ2) is 5.96. The first-order valence-electron chi connectivity index (χ1n) is 5.32. The van der Waals surface area contributed by atoms with E-state index in [-0.39, 0.29) is 24.2 Å². The van der Waals surface area contributed by atoms with Crippen molar-refractivity contribution in [3.63, 3.8) is 0 Å². The van der Waals surface area contributed by atoms with Crippen molar-refractivity contribution in [2.45, 2.75) is 26.6 Å². The molecular formula is C11H19NO4. The van der Waals surface area contributed by atoms with E-state index in [4.69, 9.17) is 9.47 Å². The van der Waals surface area contributed by atoms with Crippen molar-refractivity contribution in [2.75, 3.05) is 26.9 Å². The number of hydrogen-bond acceptors (Lipinski definition) is 5. The van der Waals surface area contributed by atoms with Crippen LogP contribution in [0.2, 0.25) is 0 Å². The maximum Gasteiger partial charge on any atom is 0.327 e. The van der Waals surface area contributed by atoms with Crippen LogP contribution in [0.15, 0.2) is 4.99 Å². The van der Waals surface area contributed by atoms with E-state index >= 15 is 0 Å². The molecule has 0 bridgehead atoms. The largest absolute Gasteiger partial charge is 0.468 e. The van der Waals surface area contributed by atoms with Crippen molar-refractivity contribution in [3.8, 4) is 0 Å². The minimum atomic E-state index is -0.345. The van der Waals surface area contributed by atoms with E-state index in [1.165, 1.54) is 7.11 Å². The summed E-state index contributed by atoms with van der Waals surface area (Å²) < 4.78 is 15.4. The van der Waals surface area contributed by atoms with Crippen LogP contribution in [-0.2, 0) is 19.0 Å². The lowest BCUT2D eigenvalue weighted by Gasteiger charge is -2.34. The number of hydrogen-bond donors (Lipinski definition) is 0. The van der Waals surface area contributed by atoms with Gasteiger partial charge in [-0.1, -0.05) is 13.8 Å². The summed E-state index contributed by atoms with van der Waals surface area (Å²) >= 11 is 0. The molecule has 0 aromatic rings.